The Morgan fingerprint density at radius 1 is 1.47 bits per heavy atom. The fourth-order valence-corrected chi connectivity index (χ4v) is 1.20. The van der Waals surface area contributed by atoms with Gasteiger partial charge in [-0.15, -0.1) is 0 Å². The van der Waals surface area contributed by atoms with Crippen molar-refractivity contribution in [1.29, 1.82) is 0 Å². The second-order valence-electron chi connectivity index (χ2n) is 2.90. The minimum absolute atomic E-state index is 0.202. The Balaban J connectivity index is 2.35. The van der Waals surface area contributed by atoms with Gasteiger partial charge < -0.3 is 14.4 Å². The molecule has 0 saturated carbocycles. The molecule has 0 saturated heterocycles. The van der Waals surface area contributed by atoms with Crippen molar-refractivity contribution in [3.05, 3.63) is 30.2 Å². The van der Waals surface area contributed by atoms with Crippen molar-refractivity contribution in [3.8, 4) is 17.1 Å². The van der Waals surface area contributed by atoms with Gasteiger partial charge in [0.2, 0.25) is 5.82 Å². The Hall–Kier alpha value is -1.88. The van der Waals surface area contributed by atoms with Crippen molar-refractivity contribution in [2.45, 2.75) is 6.61 Å². The van der Waals surface area contributed by atoms with E-state index < -0.39 is 0 Å². The summed E-state index contributed by atoms with van der Waals surface area (Å²) in [5.74, 6) is 1.37. The highest BCUT2D eigenvalue weighted by molar-refractivity contribution is 5.56. The van der Waals surface area contributed by atoms with Gasteiger partial charge in [-0.1, -0.05) is 17.3 Å². The first kappa shape index (κ1) is 9.67. The third kappa shape index (κ3) is 1.97. The zero-order valence-corrected chi connectivity index (χ0v) is 8.17. The predicted molar refractivity (Wildman–Crippen MR) is 52.2 cm³/mol. The normalized spacial score (nSPS) is 10.3. The molecule has 0 aliphatic rings. The molecule has 0 unspecified atom stereocenters. The van der Waals surface area contributed by atoms with E-state index in [4.69, 9.17) is 14.4 Å². The summed E-state index contributed by atoms with van der Waals surface area (Å²) in [6.07, 6.45) is 0. The minimum Gasteiger partial charge on any atom is -0.497 e. The van der Waals surface area contributed by atoms with Crippen molar-refractivity contribution in [3.63, 3.8) is 0 Å². The summed E-state index contributed by atoms with van der Waals surface area (Å²) in [6, 6.07) is 7.31. The molecule has 2 aromatic rings. The maximum Gasteiger partial charge on any atom is 0.252 e. The lowest BCUT2D eigenvalue weighted by atomic mass is 10.2. The molecule has 0 radical (unpaired) electrons. The third-order valence-corrected chi connectivity index (χ3v) is 1.93. The number of methoxy groups -OCH3 is 1. The van der Waals surface area contributed by atoms with E-state index >= 15 is 0 Å². The number of nitrogens with zero attached hydrogens (tertiary/aromatic N) is 2. The fourth-order valence-electron chi connectivity index (χ4n) is 1.20. The first-order valence-electron chi connectivity index (χ1n) is 4.41. The van der Waals surface area contributed by atoms with Crippen LogP contribution in [0.1, 0.15) is 5.89 Å². The quantitative estimate of drug-likeness (QED) is 0.818. The van der Waals surface area contributed by atoms with Crippen molar-refractivity contribution >= 4 is 0 Å². The molecule has 78 valence electrons. The second-order valence-corrected chi connectivity index (χ2v) is 2.90. The number of rotatable bonds is 3. The van der Waals surface area contributed by atoms with Crippen molar-refractivity contribution in [2.24, 2.45) is 0 Å². The highest BCUT2D eigenvalue weighted by Crippen LogP contribution is 2.20. The van der Waals surface area contributed by atoms with Crippen LogP contribution >= 0.6 is 0 Å². The molecule has 0 fully saturated rings. The summed E-state index contributed by atoms with van der Waals surface area (Å²) in [4.78, 5) is 3.99. The summed E-state index contributed by atoms with van der Waals surface area (Å²) >= 11 is 0. The van der Waals surface area contributed by atoms with Gasteiger partial charge in [0.1, 0.15) is 12.4 Å². The van der Waals surface area contributed by atoms with Gasteiger partial charge in [-0.25, -0.2) is 0 Å². The largest absolute Gasteiger partial charge is 0.497 e. The van der Waals surface area contributed by atoms with Crippen LogP contribution in [0.4, 0.5) is 0 Å². The molecule has 15 heavy (non-hydrogen) atoms. The van der Waals surface area contributed by atoms with Crippen LogP contribution < -0.4 is 4.74 Å². The monoisotopic (exact) mass is 206 g/mol. The van der Waals surface area contributed by atoms with Crippen LogP contribution in [0.3, 0.4) is 0 Å². The van der Waals surface area contributed by atoms with Crippen LogP contribution in [0.2, 0.25) is 0 Å². The Kier molecular flexibility index (Phi) is 2.64. The summed E-state index contributed by atoms with van der Waals surface area (Å²) in [5.41, 5.74) is 0.790. The SMILES string of the molecule is COc1cccc(-c2noc(CO)n2)c1. The van der Waals surface area contributed by atoms with Gasteiger partial charge in [0.25, 0.3) is 5.89 Å². The number of aromatic nitrogens is 2. The molecule has 0 bridgehead atoms. The van der Waals surface area contributed by atoms with Gasteiger partial charge in [0.05, 0.1) is 7.11 Å². The summed E-state index contributed by atoms with van der Waals surface area (Å²) in [7, 11) is 1.59. The number of hydrogen-bond acceptors (Lipinski definition) is 5. The van der Waals surface area contributed by atoms with E-state index in [2.05, 4.69) is 10.1 Å². The van der Waals surface area contributed by atoms with Crippen LogP contribution in [-0.4, -0.2) is 22.4 Å². The topological polar surface area (TPSA) is 68.4 Å². The highest BCUT2D eigenvalue weighted by atomic mass is 16.5. The van der Waals surface area contributed by atoms with Crippen molar-refractivity contribution < 1.29 is 14.4 Å². The number of benzene rings is 1. The smallest absolute Gasteiger partial charge is 0.252 e. The van der Waals surface area contributed by atoms with Gasteiger partial charge in [-0.05, 0) is 12.1 Å². The van der Waals surface area contributed by atoms with Gasteiger partial charge in [0.15, 0.2) is 0 Å². The van der Waals surface area contributed by atoms with Crippen LogP contribution in [0.25, 0.3) is 11.4 Å². The lowest BCUT2D eigenvalue weighted by Gasteiger charge is -1.99. The Bertz CT molecular complexity index is 453. The van der Waals surface area contributed by atoms with Crippen molar-refractivity contribution in [2.75, 3.05) is 7.11 Å². The van der Waals surface area contributed by atoms with E-state index in [1.165, 1.54) is 0 Å². The first-order valence-corrected chi connectivity index (χ1v) is 4.41. The van der Waals surface area contributed by atoms with Gasteiger partial charge in [-0.3, -0.25) is 0 Å². The Labute approximate surface area is 86.3 Å². The lowest BCUT2D eigenvalue weighted by Crippen LogP contribution is -1.86. The molecule has 0 amide bonds. The molecule has 5 nitrogen and oxygen atoms in total. The van der Waals surface area contributed by atoms with Crippen LogP contribution in [-0.2, 0) is 6.61 Å². The average Bonchev–Trinajstić information content (AvgIpc) is 2.78. The molecule has 0 aliphatic carbocycles. The summed E-state index contributed by atoms with van der Waals surface area (Å²) in [6.45, 7) is -0.253. The molecule has 0 atom stereocenters. The lowest BCUT2D eigenvalue weighted by molar-refractivity contribution is 0.222. The van der Waals surface area contributed by atoms with E-state index in [-0.39, 0.29) is 12.5 Å². The summed E-state index contributed by atoms with van der Waals surface area (Å²) in [5, 5.41) is 12.5. The number of hydrogen-bond donors (Lipinski definition) is 1. The molecule has 5 heteroatoms. The van der Waals surface area contributed by atoms with Crippen LogP contribution in [0, 0.1) is 0 Å². The van der Waals surface area contributed by atoms with E-state index in [1.807, 2.05) is 18.2 Å². The zero-order chi connectivity index (χ0) is 10.7. The summed E-state index contributed by atoms with van der Waals surface area (Å²) < 4.78 is 9.86. The molecule has 2 rings (SSSR count). The molecular weight excluding hydrogens is 196 g/mol. The number of aliphatic hydroxyl groups is 1. The molecule has 1 aromatic carbocycles. The fraction of sp³-hybridized carbons (Fsp3) is 0.200. The maximum atomic E-state index is 8.78. The van der Waals surface area contributed by atoms with E-state index in [9.17, 15) is 0 Å². The van der Waals surface area contributed by atoms with Crippen LogP contribution in [0.15, 0.2) is 28.8 Å². The third-order valence-electron chi connectivity index (χ3n) is 1.93. The standard InChI is InChI=1S/C10H10N2O3/c1-14-8-4-2-3-7(5-8)10-11-9(6-13)15-12-10/h2-5,13H,6H2,1H3. The maximum absolute atomic E-state index is 8.78. The average molecular weight is 206 g/mol. The van der Waals surface area contributed by atoms with Crippen LogP contribution in [0.5, 0.6) is 5.75 Å². The highest BCUT2D eigenvalue weighted by Gasteiger charge is 2.07. The van der Waals surface area contributed by atoms with E-state index in [0.717, 1.165) is 11.3 Å². The molecular formula is C10H10N2O3. The minimum atomic E-state index is -0.253. The van der Waals surface area contributed by atoms with E-state index in [0.29, 0.717) is 5.82 Å². The van der Waals surface area contributed by atoms with Gasteiger partial charge in [-0.2, -0.15) is 4.98 Å². The molecule has 1 aromatic heterocycles. The second kappa shape index (κ2) is 4.10. The molecule has 0 aliphatic heterocycles. The Morgan fingerprint density at radius 3 is 3.00 bits per heavy atom. The van der Waals surface area contributed by atoms with Gasteiger partial charge in [0, 0.05) is 5.56 Å². The molecule has 1 N–H and O–H groups in total. The van der Waals surface area contributed by atoms with E-state index in [1.54, 1.807) is 13.2 Å². The Morgan fingerprint density at radius 2 is 2.33 bits per heavy atom. The first-order chi connectivity index (χ1) is 7.33. The number of ether oxygens (including phenoxy) is 1. The zero-order valence-electron chi connectivity index (χ0n) is 8.17. The molecule has 0 spiro atoms. The van der Waals surface area contributed by atoms with Crippen molar-refractivity contribution in [1.82, 2.24) is 10.1 Å². The van der Waals surface area contributed by atoms with Gasteiger partial charge >= 0.3 is 0 Å². The number of aliphatic hydroxyl groups excluding tert-OH is 1. The molecule has 1 heterocycles. The predicted octanol–water partition coefficient (Wildman–Crippen LogP) is 1.24.